The van der Waals surface area contributed by atoms with Crippen molar-refractivity contribution in [3.8, 4) is 0 Å². The van der Waals surface area contributed by atoms with Crippen LogP contribution in [0.4, 0.5) is 0 Å². The van der Waals surface area contributed by atoms with Crippen molar-refractivity contribution in [1.82, 2.24) is 0 Å². The zero-order valence-corrected chi connectivity index (χ0v) is 42.8. The predicted octanol–water partition coefficient (Wildman–Crippen LogP) is 13.7. The van der Waals surface area contributed by atoms with Crippen LogP contribution in [0.25, 0.3) is 0 Å². The van der Waals surface area contributed by atoms with Crippen LogP contribution in [0, 0.1) is 0 Å². The van der Waals surface area contributed by atoms with E-state index in [9.17, 15) is 25.2 Å². The second kappa shape index (κ2) is 48.9. The molecule has 388 valence electrons. The highest BCUT2D eigenvalue weighted by Crippen LogP contribution is 2.22. The summed E-state index contributed by atoms with van der Waals surface area (Å²) in [5, 5.41) is 40.3. The Morgan fingerprint density at radius 2 is 0.897 bits per heavy atom. The first-order valence-corrected chi connectivity index (χ1v) is 27.0. The number of hydrogen-bond donors (Lipinski definition) is 4. The van der Waals surface area contributed by atoms with E-state index in [2.05, 4.69) is 123 Å². The molecule has 0 aromatic carbocycles. The van der Waals surface area contributed by atoms with E-state index >= 15 is 0 Å². The summed E-state index contributed by atoms with van der Waals surface area (Å²) in [6.45, 7) is 4.36. The van der Waals surface area contributed by atoms with Crippen LogP contribution in [0.2, 0.25) is 0 Å². The summed E-state index contributed by atoms with van der Waals surface area (Å²) in [7, 11) is 0. The fraction of sp³-hybridized carbons (Fsp3) is 0.678. The number of rotatable bonds is 45. The molecule has 0 aromatic heterocycles. The van der Waals surface area contributed by atoms with Crippen LogP contribution in [0.1, 0.15) is 194 Å². The molecule has 0 bridgehead atoms. The molecule has 68 heavy (non-hydrogen) atoms. The molecule has 6 unspecified atom stereocenters. The Labute approximate surface area is 414 Å². The van der Waals surface area contributed by atoms with Gasteiger partial charge in [-0.1, -0.05) is 194 Å². The average Bonchev–Trinajstić information content (AvgIpc) is 3.34. The molecule has 1 rings (SSSR count). The summed E-state index contributed by atoms with van der Waals surface area (Å²) in [5.74, 6) is -0.337. The monoisotopic (exact) mass is 951 g/mol. The van der Waals surface area contributed by atoms with Crippen LogP contribution in [0.15, 0.2) is 109 Å². The van der Waals surface area contributed by atoms with Gasteiger partial charge in [0.1, 0.15) is 30.5 Å². The average molecular weight is 951 g/mol. The molecule has 9 nitrogen and oxygen atoms in total. The van der Waals surface area contributed by atoms with Crippen molar-refractivity contribution in [2.45, 2.75) is 230 Å². The summed E-state index contributed by atoms with van der Waals surface area (Å²) < 4.78 is 22.9. The maximum atomic E-state index is 12.9. The fourth-order valence-corrected chi connectivity index (χ4v) is 7.50. The number of esters is 1. The molecule has 1 aliphatic rings. The van der Waals surface area contributed by atoms with E-state index in [1.807, 2.05) is 0 Å². The fourth-order valence-electron chi connectivity index (χ4n) is 7.50. The first-order chi connectivity index (χ1) is 33.4. The number of aliphatic hydroxyl groups is 4. The lowest BCUT2D eigenvalue weighted by Gasteiger charge is -2.39. The zero-order valence-electron chi connectivity index (χ0n) is 42.8. The normalized spacial score (nSPS) is 20.0. The van der Waals surface area contributed by atoms with Gasteiger partial charge in [0.15, 0.2) is 6.29 Å². The lowest BCUT2D eigenvalue weighted by molar-refractivity contribution is -0.305. The van der Waals surface area contributed by atoms with Crippen molar-refractivity contribution >= 4 is 5.97 Å². The topological polar surface area (TPSA) is 135 Å². The molecular weight excluding hydrogens is 853 g/mol. The quantitative estimate of drug-likeness (QED) is 0.0267. The Morgan fingerprint density at radius 1 is 0.485 bits per heavy atom. The van der Waals surface area contributed by atoms with Crippen LogP contribution in [-0.2, 0) is 23.7 Å². The maximum absolute atomic E-state index is 12.9. The Kier molecular flexibility index (Phi) is 45.2. The van der Waals surface area contributed by atoms with E-state index < -0.39 is 43.4 Å². The van der Waals surface area contributed by atoms with Crippen molar-refractivity contribution in [2.75, 3.05) is 26.4 Å². The minimum absolute atomic E-state index is 0.118. The second-order valence-electron chi connectivity index (χ2n) is 17.9. The second-order valence-corrected chi connectivity index (χ2v) is 17.9. The highest BCUT2D eigenvalue weighted by molar-refractivity contribution is 5.69. The van der Waals surface area contributed by atoms with Gasteiger partial charge < -0.3 is 39.4 Å². The first kappa shape index (κ1) is 62.9. The molecule has 0 amide bonds. The van der Waals surface area contributed by atoms with Crippen molar-refractivity contribution in [3.05, 3.63) is 109 Å². The van der Waals surface area contributed by atoms with E-state index in [1.165, 1.54) is 51.4 Å². The van der Waals surface area contributed by atoms with Crippen molar-refractivity contribution < 1.29 is 44.2 Å². The smallest absolute Gasteiger partial charge is 0.306 e. The molecule has 9 heteroatoms. The molecular formula is C59H98O9. The summed E-state index contributed by atoms with van der Waals surface area (Å²) in [5.41, 5.74) is 0. The summed E-state index contributed by atoms with van der Waals surface area (Å²) in [4.78, 5) is 12.9. The summed E-state index contributed by atoms with van der Waals surface area (Å²) in [6.07, 6.45) is 62.6. The van der Waals surface area contributed by atoms with Crippen LogP contribution in [0.3, 0.4) is 0 Å². The number of unbranched alkanes of at least 4 members (excludes halogenated alkanes) is 16. The Hall–Kier alpha value is -3.15. The van der Waals surface area contributed by atoms with Crippen LogP contribution in [0.5, 0.6) is 0 Å². The van der Waals surface area contributed by atoms with Gasteiger partial charge in [-0.05, 0) is 103 Å². The first-order valence-electron chi connectivity index (χ1n) is 27.0. The minimum atomic E-state index is -1.55. The Morgan fingerprint density at radius 3 is 1.35 bits per heavy atom. The maximum Gasteiger partial charge on any atom is 0.306 e. The van der Waals surface area contributed by atoms with Gasteiger partial charge in [-0.3, -0.25) is 4.79 Å². The number of allylic oxidation sites excluding steroid dienone is 18. The van der Waals surface area contributed by atoms with E-state index in [0.717, 1.165) is 122 Å². The van der Waals surface area contributed by atoms with Crippen molar-refractivity contribution in [3.63, 3.8) is 0 Å². The number of ether oxygens (including phenoxy) is 4. The van der Waals surface area contributed by atoms with Gasteiger partial charge >= 0.3 is 5.97 Å². The molecule has 1 heterocycles. The highest BCUT2D eigenvalue weighted by Gasteiger charge is 2.44. The highest BCUT2D eigenvalue weighted by atomic mass is 16.7. The van der Waals surface area contributed by atoms with E-state index in [-0.39, 0.29) is 19.2 Å². The van der Waals surface area contributed by atoms with Gasteiger partial charge in [0.05, 0.1) is 19.8 Å². The number of aliphatic hydroxyl groups excluding tert-OH is 4. The molecule has 1 aliphatic heterocycles. The standard InChI is InChI=1S/C59H98O9/c1-3-5-7-9-11-13-15-17-19-21-23-25-26-27-29-31-33-35-37-39-41-43-45-47-49-65-51-53(52-66-59-58(64)57(63)56(62)54(50-60)68-59)67-55(61)48-46-44-42-40-38-36-34-32-30-28-24-22-20-18-16-14-12-10-8-6-4-2/h5,7,11,13,16-19,22-25,27,29-30,32-33,35,53-54,56-60,62-64H,3-4,6,8-10,12,14-15,20-21,26,28,31,34,36-52H2,1-2H3/b7-5-,13-11-,18-16-,19-17-,24-22-,25-23-,29-27-,32-30-,35-33-. The van der Waals surface area contributed by atoms with Gasteiger partial charge in [-0.25, -0.2) is 0 Å². The van der Waals surface area contributed by atoms with E-state index in [1.54, 1.807) is 0 Å². The van der Waals surface area contributed by atoms with Crippen LogP contribution < -0.4 is 0 Å². The molecule has 0 radical (unpaired) electrons. The molecule has 1 saturated heterocycles. The molecule has 0 aromatic rings. The predicted molar refractivity (Wildman–Crippen MR) is 283 cm³/mol. The third-order valence-electron chi connectivity index (χ3n) is 11.7. The van der Waals surface area contributed by atoms with Crippen molar-refractivity contribution in [1.29, 1.82) is 0 Å². The molecule has 6 atom stereocenters. The number of hydrogen-bond acceptors (Lipinski definition) is 9. The van der Waals surface area contributed by atoms with Gasteiger partial charge in [0, 0.05) is 13.0 Å². The van der Waals surface area contributed by atoms with Crippen molar-refractivity contribution in [2.24, 2.45) is 0 Å². The third kappa shape index (κ3) is 38.7. The number of carbonyl (C=O) groups is 1. The van der Waals surface area contributed by atoms with E-state index in [4.69, 9.17) is 18.9 Å². The molecule has 4 N–H and O–H groups in total. The Bertz CT molecular complexity index is 1410. The minimum Gasteiger partial charge on any atom is -0.457 e. The zero-order chi connectivity index (χ0) is 49.2. The van der Waals surface area contributed by atoms with Gasteiger partial charge in [0.2, 0.25) is 0 Å². The Balaban J connectivity index is 2.24. The molecule has 1 fully saturated rings. The molecule has 0 saturated carbocycles. The molecule has 0 spiro atoms. The van der Waals surface area contributed by atoms with Gasteiger partial charge in [0.25, 0.3) is 0 Å². The van der Waals surface area contributed by atoms with Gasteiger partial charge in [-0.2, -0.15) is 0 Å². The molecule has 0 aliphatic carbocycles. The largest absolute Gasteiger partial charge is 0.457 e. The van der Waals surface area contributed by atoms with Crippen LogP contribution >= 0.6 is 0 Å². The summed E-state index contributed by atoms with van der Waals surface area (Å²) in [6, 6.07) is 0. The lowest BCUT2D eigenvalue weighted by Crippen LogP contribution is -2.59. The number of carbonyl (C=O) groups excluding carboxylic acids is 1. The van der Waals surface area contributed by atoms with Crippen LogP contribution in [-0.4, -0.2) is 89.6 Å². The van der Waals surface area contributed by atoms with E-state index in [0.29, 0.717) is 13.0 Å². The summed E-state index contributed by atoms with van der Waals surface area (Å²) >= 11 is 0. The van der Waals surface area contributed by atoms with Gasteiger partial charge in [-0.15, -0.1) is 0 Å². The SMILES string of the molecule is CC/C=C\C/C=C\C/C=C\C/C=C\C/C=C\C/C=C\CCCCCCCOCC(COC1OC(CO)C(O)C(O)C1O)OC(=O)CCCCCCCC/C=C\C/C=C\C/C=C\CCCCCCC. The lowest BCUT2D eigenvalue weighted by atomic mass is 9.99. The third-order valence-corrected chi connectivity index (χ3v) is 11.7.